The number of nitrogens with one attached hydrogen (secondary N) is 1. The van der Waals surface area contributed by atoms with Gasteiger partial charge < -0.3 is 10.7 Å². The van der Waals surface area contributed by atoms with Gasteiger partial charge in [-0.3, -0.25) is 0 Å². The number of aryl methyl sites for hydroxylation is 3. The number of unbranched alkanes of at least 4 members (excludes halogenated alkanes) is 1. The van der Waals surface area contributed by atoms with Gasteiger partial charge in [0, 0.05) is 21.6 Å². The van der Waals surface area contributed by atoms with Gasteiger partial charge in [-0.15, -0.1) is 0 Å². The van der Waals surface area contributed by atoms with Crippen molar-refractivity contribution in [2.45, 2.75) is 33.1 Å². The van der Waals surface area contributed by atoms with Gasteiger partial charge in [-0.1, -0.05) is 29.8 Å². The van der Waals surface area contributed by atoms with E-state index in [9.17, 15) is 0 Å². The number of hydrogen-bond acceptors (Lipinski definition) is 1. The maximum Gasteiger partial charge on any atom is 0.0497 e. The third-order valence-electron chi connectivity index (χ3n) is 4.34. The van der Waals surface area contributed by atoms with Gasteiger partial charge in [0.15, 0.2) is 0 Å². The minimum Gasteiger partial charge on any atom is -0.354 e. The molecule has 0 radical (unpaired) electrons. The normalized spacial score (nSPS) is 11.3. The molecular formula is C20H23ClN2. The highest BCUT2D eigenvalue weighted by molar-refractivity contribution is 6.30. The zero-order valence-corrected chi connectivity index (χ0v) is 14.5. The van der Waals surface area contributed by atoms with E-state index >= 15 is 0 Å². The number of fused-ring (bicyclic) bond motifs is 1. The fourth-order valence-electron chi connectivity index (χ4n) is 3.39. The second kappa shape index (κ2) is 6.77. The Labute approximate surface area is 142 Å². The van der Waals surface area contributed by atoms with Crippen molar-refractivity contribution in [1.82, 2.24) is 4.98 Å². The lowest BCUT2D eigenvalue weighted by molar-refractivity contribution is 0.748. The summed E-state index contributed by atoms with van der Waals surface area (Å²) in [6, 6.07) is 12.5. The summed E-state index contributed by atoms with van der Waals surface area (Å²) < 4.78 is 0. The monoisotopic (exact) mass is 326 g/mol. The molecule has 3 heteroatoms. The highest BCUT2D eigenvalue weighted by atomic mass is 35.5. The average Bonchev–Trinajstić information content (AvgIpc) is 2.86. The van der Waals surface area contributed by atoms with Crippen LogP contribution in [0.5, 0.6) is 0 Å². The number of nitrogens with two attached hydrogens (primary N) is 1. The Morgan fingerprint density at radius 2 is 1.91 bits per heavy atom. The predicted octanol–water partition coefficient (Wildman–Crippen LogP) is 5.39. The molecule has 0 atom stereocenters. The van der Waals surface area contributed by atoms with Crippen LogP contribution in [-0.2, 0) is 6.42 Å². The van der Waals surface area contributed by atoms with Crippen molar-refractivity contribution in [3.05, 3.63) is 58.1 Å². The smallest absolute Gasteiger partial charge is 0.0497 e. The molecule has 0 unspecified atom stereocenters. The molecule has 0 aliphatic carbocycles. The summed E-state index contributed by atoms with van der Waals surface area (Å²) in [6.07, 6.45) is 3.18. The summed E-state index contributed by atoms with van der Waals surface area (Å²) >= 11 is 6.20. The summed E-state index contributed by atoms with van der Waals surface area (Å²) in [6.45, 7) is 5.07. The van der Waals surface area contributed by atoms with E-state index in [0.717, 1.165) is 36.4 Å². The quantitative estimate of drug-likeness (QED) is 0.607. The summed E-state index contributed by atoms with van der Waals surface area (Å²) in [7, 11) is 0. The number of hydrogen-bond donors (Lipinski definition) is 2. The molecule has 3 N–H and O–H groups in total. The molecule has 0 fully saturated rings. The topological polar surface area (TPSA) is 41.8 Å². The van der Waals surface area contributed by atoms with Crippen LogP contribution in [0.2, 0.25) is 5.02 Å². The summed E-state index contributed by atoms with van der Waals surface area (Å²) in [5.74, 6) is 0. The number of benzene rings is 2. The van der Waals surface area contributed by atoms with E-state index < -0.39 is 0 Å². The van der Waals surface area contributed by atoms with E-state index in [1.165, 1.54) is 33.3 Å². The SMILES string of the molecule is Cc1cc(C)c2c(CCCCN)c(-c3cccc(Cl)c3)[nH]c2c1. The van der Waals surface area contributed by atoms with Crippen molar-refractivity contribution in [1.29, 1.82) is 0 Å². The van der Waals surface area contributed by atoms with Crippen LogP contribution in [0.25, 0.3) is 22.2 Å². The first-order valence-corrected chi connectivity index (χ1v) is 8.55. The van der Waals surface area contributed by atoms with Gasteiger partial charge in [-0.2, -0.15) is 0 Å². The maximum absolute atomic E-state index is 6.20. The first-order chi connectivity index (χ1) is 11.1. The van der Waals surface area contributed by atoms with Crippen molar-refractivity contribution in [2.24, 2.45) is 5.73 Å². The lowest BCUT2D eigenvalue weighted by atomic mass is 9.97. The molecule has 2 nitrogen and oxygen atoms in total. The Morgan fingerprint density at radius 3 is 2.65 bits per heavy atom. The Morgan fingerprint density at radius 1 is 1.09 bits per heavy atom. The molecule has 23 heavy (non-hydrogen) atoms. The molecule has 3 rings (SSSR count). The molecule has 0 aliphatic heterocycles. The van der Waals surface area contributed by atoms with Crippen molar-refractivity contribution in [3.8, 4) is 11.3 Å². The molecule has 1 heterocycles. The van der Waals surface area contributed by atoms with E-state index in [1.54, 1.807) is 0 Å². The largest absolute Gasteiger partial charge is 0.354 e. The van der Waals surface area contributed by atoms with E-state index in [4.69, 9.17) is 17.3 Å². The van der Waals surface area contributed by atoms with Gasteiger partial charge in [0.25, 0.3) is 0 Å². The molecule has 3 aromatic rings. The summed E-state index contributed by atoms with van der Waals surface area (Å²) in [5.41, 5.74) is 13.2. The van der Waals surface area contributed by atoms with Gasteiger partial charge in [0.1, 0.15) is 0 Å². The second-order valence-electron chi connectivity index (χ2n) is 6.24. The summed E-state index contributed by atoms with van der Waals surface area (Å²) in [5, 5.41) is 2.12. The first-order valence-electron chi connectivity index (χ1n) is 8.18. The van der Waals surface area contributed by atoms with Gasteiger partial charge in [0.05, 0.1) is 0 Å². The minimum atomic E-state index is 0.743. The Hall–Kier alpha value is -1.77. The van der Waals surface area contributed by atoms with Gasteiger partial charge in [-0.05, 0) is 80.1 Å². The van der Waals surface area contributed by atoms with Gasteiger partial charge in [-0.25, -0.2) is 0 Å². The Balaban J connectivity index is 2.19. The Bertz CT molecular complexity index is 833. The molecule has 2 aromatic carbocycles. The van der Waals surface area contributed by atoms with E-state index in [2.05, 4.69) is 37.0 Å². The van der Waals surface area contributed by atoms with Crippen LogP contribution in [0.15, 0.2) is 36.4 Å². The minimum absolute atomic E-state index is 0.743. The average molecular weight is 327 g/mol. The number of rotatable bonds is 5. The molecule has 1 aromatic heterocycles. The summed E-state index contributed by atoms with van der Waals surface area (Å²) in [4.78, 5) is 3.63. The highest BCUT2D eigenvalue weighted by Gasteiger charge is 2.15. The van der Waals surface area contributed by atoms with Gasteiger partial charge in [0.2, 0.25) is 0 Å². The van der Waals surface area contributed by atoms with Crippen LogP contribution < -0.4 is 5.73 Å². The lowest BCUT2D eigenvalue weighted by Crippen LogP contribution is -1.99. The van der Waals surface area contributed by atoms with Crippen LogP contribution in [0.1, 0.15) is 29.5 Å². The fraction of sp³-hybridized carbons (Fsp3) is 0.300. The fourth-order valence-corrected chi connectivity index (χ4v) is 3.58. The van der Waals surface area contributed by atoms with Gasteiger partial charge >= 0.3 is 0 Å². The number of halogens is 1. The standard InChI is InChI=1S/C20H23ClN2/c1-13-10-14(2)19-17(8-3-4-9-22)20(23-18(19)11-13)15-6-5-7-16(21)12-15/h5-7,10-12,23H,3-4,8-9,22H2,1-2H3. The first kappa shape index (κ1) is 16.1. The zero-order valence-electron chi connectivity index (χ0n) is 13.7. The molecule has 0 amide bonds. The molecule has 0 aliphatic rings. The van der Waals surface area contributed by atoms with E-state index in [0.29, 0.717) is 0 Å². The molecule has 0 saturated heterocycles. The van der Waals surface area contributed by atoms with Crippen molar-refractivity contribution in [3.63, 3.8) is 0 Å². The van der Waals surface area contributed by atoms with Crippen LogP contribution >= 0.6 is 11.6 Å². The molecule has 0 saturated carbocycles. The lowest BCUT2D eigenvalue weighted by Gasteiger charge is -2.07. The highest BCUT2D eigenvalue weighted by Crippen LogP contribution is 2.35. The third kappa shape index (κ3) is 3.29. The molecular weight excluding hydrogens is 304 g/mol. The van der Waals surface area contributed by atoms with Crippen LogP contribution in [0.3, 0.4) is 0 Å². The van der Waals surface area contributed by atoms with Crippen molar-refractivity contribution < 1.29 is 0 Å². The van der Waals surface area contributed by atoms with Crippen molar-refractivity contribution in [2.75, 3.05) is 6.54 Å². The number of H-pyrrole nitrogens is 1. The van der Waals surface area contributed by atoms with Crippen LogP contribution in [0.4, 0.5) is 0 Å². The molecule has 0 spiro atoms. The number of aromatic nitrogens is 1. The second-order valence-corrected chi connectivity index (χ2v) is 6.68. The predicted molar refractivity (Wildman–Crippen MR) is 100 cm³/mol. The molecule has 120 valence electrons. The van der Waals surface area contributed by atoms with Crippen LogP contribution in [0, 0.1) is 13.8 Å². The van der Waals surface area contributed by atoms with E-state index in [-0.39, 0.29) is 0 Å². The van der Waals surface area contributed by atoms with E-state index in [1.807, 2.05) is 18.2 Å². The molecule has 0 bridgehead atoms. The third-order valence-corrected chi connectivity index (χ3v) is 4.57. The van der Waals surface area contributed by atoms with Crippen molar-refractivity contribution >= 4 is 22.5 Å². The zero-order chi connectivity index (χ0) is 16.4. The number of aromatic amines is 1. The maximum atomic E-state index is 6.20. The Kier molecular flexibility index (Phi) is 4.74. The van der Waals surface area contributed by atoms with Crippen LogP contribution in [-0.4, -0.2) is 11.5 Å².